The topological polar surface area (TPSA) is 8.17 Å². The summed E-state index contributed by atoms with van der Waals surface area (Å²) in [6.45, 7) is 11.5. The second-order valence-corrected chi connectivity index (χ2v) is 8.13. The fourth-order valence-corrected chi connectivity index (χ4v) is 3.55. The van der Waals surface area contributed by atoms with Crippen molar-refractivity contribution in [1.29, 1.82) is 0 Å². The van der Waals surface area contributed by atoms with Crippen LogP contribution in [0, 0.1) is 18.7 Å². The molecule has 3 rings (SSSR count). The van der Waals surface area contributed by atoms with E-state index in [0.29, 0.717) is 12.0 Å². The van der Waals surface area contributed by atoms with Gasteiger partial charge in [-0.15, -0.1) is 0 Å². The molecule has 0 aliphatic carbocycles. The Morgan fingerprint density at radius 3 is 2.32 bits per heavy atom. The summed E-state index contributed by atoms with van der Waals surface area (Å²) < 4.78 is 15.6. The van der Waals surface area contributed by atoms with Gasteiger partial charge in [-0.05, 0) is 55.2 Å². The molecule has 28 heavy (non-hydrogen) atoms. The van der Waals surface area contributed by atoms with Gasteiger partial charge < -0.3 is 4.57 Å². The van der Waals surface area contributed by atoms with E-state index in [9.17, 15) is 4.39 Å². The van der Waals surface area contributed by atoms with E-state index in [4.69, 9.17) is 0 Å². The molecule has 1 atom stereocenters. The number of hydrogen-bond donors (Lipinski definition) is 0. The number of rotatable bonds is 8. The zero-order valence-corrected chi connectivity index (χ0v) is 17.4. The molecule has 0 N–H and O–H groups in total. The van der Waals surface area contributed by atoms with Gasteiger partial charge in [-0.2, -0.15) is 0 Å². The first-order valence-electron chi connectivity index (χ1n) is 10.1. The maximum absolute atomic E-state index is 13.3. The van der Waals surface area contributed by atoms with Crippen LogP contribution >= 0.6 is 0 Å². The fourth-order valence-electron chi connectivity index (χ4n) is 3.55. The summed E-state index contributed by atoms with van der Waals surface area (Å²) in [7, 11) is 0. The molecule has 2 aromatic carbocycles. The Morgan fingerprint density at radius 2 is 1.64 bits per heavy atom. The fraction of sp³-hybridized carbons (Fsp3) is 0.360. The molecule has 0 saturated heterocycles. The van der Waals surface area contributed by atoms with Crippen molar-refractivity contribution in [2.45, 2.75) is 53.4 Å². The SMILES string of the molecule is Cc1cccc(Cn2cccc2CN(Cc2ccc(F)cc2)[C@@H](C)C(C)C)c1. The van der Waals surface area contributed by atoms with Crippen molar-refractivity contribution in [2.24, 2.45) is 5.92 Å². The molecule has 0 unspecified atom stereocenters. The van der Waals surface area contributed by atoms with E-state index in [1.54, 1.807) is 12.1 Å². The molecule has 0 fully saturated rings. The average molecular weight is 379 g/mol. The first kappa shape index (κ1) is 20.3. The van der Waals surface area contributed by atoms with E-state index >= 15 is 0 Å². The van der Waals surface area contributed by atoms with Gasteiger partial charge in [0.2, 0.25) is 0 Å². The van der Waals surface area contributed by atoms with Crippen LogP contribution in [-0.4, -0.2) is 15.5 Å². The van der Waals surface area contributed by atoms with Crippen molar-refractivity contribution in [3.8, 4) is 0 Å². The van der Waals surface area contributed by atoms with Crippen LogP contribution in [0.25, 0.3) is 0 Å². The minimum absolute atomic E-state index is 0.181. The van der Waals surface area contributed by atoms with E-state index in [2.05, 4.69) is 79.8 Å². The van der Waals surface area contributed by atoms with Crippen LogP contribution in [0.3, 0.4) is 0 Å². The van der Waals surface area contributed by atoms with Gasteiger partial charge in [-0.3, -0.25) is 4.90 Å². The van der Waals surface area contributed by atoms with Crippen molar-refractivity contribution < 1.29 is 4.39 Å². The van der Waals surface area contributed by atoms with Crippen LogP contribution < -0.4 is 0 Å². The molecule has 1 aromatic heterocycles. The number of benzene rings is 2. The summed E-state index contributed by atoms with van der Waals surface area (Å²) in [6.07, 6.45) is 2.16. The second-order valence-electron chi connectivity index (χ2n) is 8.13. The van der Waals surface area contributed by atoms with Gasteiger partial charge in [-0.1, -0.05) is 55.8 Å². The van der Waals surface area contributed by atoms with Crippen molar-refractivity contribution in [1.82, 2.24) is 9.47 Å². The number of halogens is 1. The largest absolute Gasteiger partial charge is 0.346 e. The summed E-state index contributed by atoms with van der Waals surface area (Å²) in [6, 6.07) is 20.3. The highest BCUT2D eigenvalue weighted by Gasteiger charge is 2.19. The molecule has 3 aromatic rings. The molecule has 1 heterocycles. The molecular formula is C25H31FN2. The van der Waals surface area contributed by atoms with Crippen LogP contribution in [0.5, 0.6) is 0 Å². The first-order chi connectivity index (χ1) is 13.4. The molecule has 0 aliphatic rings. The van der Waals surface area contributed by atoms with Crippen molar-refractivity contribution in [3.63, 3.8) is 0 Å². The van der Waals surface area contributed by atoms with E-state index in [-0.39, 0.29) is 5.82 Å². The smallest absolute Gasteiger partial charge is 0.123 e. The monoisotopic (exact) mass is 378 g/mol. The quantitative estimate of drug-likeness (QED) is 0.464. The normalized spacial score (nSPS) is 12.7. The summed E-state index contributed by atoms with van der Waals surface area (Å²) in [5, 5.41) is 0. The maximum atomic E-state index is 13.3. The van der Waals surface area contributed by atoms with E-state index < -0.39 is 0 Å². The van der Waals surface area contributed by atoms with Crippen LogP contribution in [0.15, 0.2) is 66.9 Å². The van der Waals surface area contributed by atoms with Crippen LogP contribution in [0.4, 0.5) is 4.39 Å². The van der Waals surface area contributed by atoms with Gasteiger partial charge in [0.15, 0.2) is 0 Å². The molecule has 3 heteroatoms. The number of nitrogens with zero attached hydrogens (tertiary/aromatic N) is 2. The second kappa shape index (κ2) is 9.20. The third kappa shape index (κ3) is 5.32. The highest BCUT2D eigenvalue weighted by Crippen LogP contribution is 2.19. The minimum Gasteiger partial charge on any atom is -0.346 e. The number of hydrogen-bond acceptors (Lipinski definition) is 1. The van der Waals surface area contributed by atoms with Gasteiger partial charge in [0.05, 0.1) is 0 Å². The molecule has 0 spiro atoms. The molecule has 0 saturated carbocycles. The van der Waals surface area contributed by atoms with Crippen LogP contribution in [0.2, 0.25) is 0 Å². The summed E-state index contributed by atoms with van der Waals surface area (Å²) in [5.41, 5.74) is 5.05. The predicted molar refractivity (Wildman–Crippen MR) is 115 cm³/mol. The zero-order valence-electron chi connectivity index (χ0n) is 17.4. The molecule has 0 radical (unpaired) electrons. The molecule has 0 amide bonds. The lowest BCUT2D eigenvalue weighted by Crippen LogP contribution is -2.36. The number of aryl methyl sites for hydroxylation is 1. The lowest BCUT2D eigenvalue weighted by Gasteiger charge is -2.32. The van der Waals surface area contributed by atoms with Crippen molar-refractivity contribution >= 4 is 0 Å². The maximum Gasteiger partial charge on any atom is 0.123 e. The van der Waals surface area contributed by atoms with Gasteiger partial charge in [0, 0.05) is 37.6 Å². The predicted octanol–water partition coefficient (Wildman–Crippen LogP) is 6.03. The molecule has 0 aliphatic heterocycles. The summed E-state index contributed by atoms with van der Waals surface area (Å²) >= 11 is 0. The first-order valence-corrected chi connectivity index (χ1v) is 10.1. The van der Waals surface area contributed by atoms with Gasteiger partial charge in [0.1, 0.15) is 5.82 Å². The van der Waals surface area contributed by atoms with Crippen LogP contribution in [0.1, 0.15) is 43.2 Å². The molecule has 2 nitrogen and oxygen atoms in total. The lowest BCUT2D eigenvalue weighted by molar-refractivity contribution is 0.148. The average Bonchev–Trinajstić information content (AvgIpc) is 3.09. The summed E-state index contributed by atoms with van der Waals surface area (Å²) in [5.74, 6) is 0.361. The lowest BCUT2D eigenvalue weighted by atomic mass is 10.0. The summed E-state index contributed by atoms with van der Waals surface area (Å²) in [4.78, 5) is 2.49. The third-order valence-corrected chi connectivity index (χ3v) is 5.56. The Labute approximate surface area is 168 Å². The van der Waals surface area contributed by atoms with Crippen molar-refractivity contribution in [3.05, 3.63) is 95.1 Å². The van der Waals surface area contributed by atoms with E-state index in [0.717, 1.165) is 25.2 Å². The van der Waals surface area contributed by atoms with Crippen LogP contribution in [-0.2, 0) is 19.6 Å². The molecule has 0 bridgehead atoms. The Bertz CT molecular complexity index is 880. The van der Waals surface area contributed by atoms with E-state index in [1.807, 2.05) is 12.1 Å². The minimum atomic E-state index is -0.181. The Balaban J connectivity index is 1.79. The Kier molecular flexibility index (Phi) is 6.69. The van der Waals surface area contributed by atoms with Gasteiger partial charge >= 0.3 is 0 Å². The highest BCUT2D eigenvalue weighted by molar-refractivity contribution is 5.23. The number of aromatic nitrogens is 1. The van der Waals surface area contributed by atoms with E-state index in [1.165, 1.54) is 16.8 Å². The Hall–Kier alpha value is -2.39. The van der Waals surface area contributed by atoms with Crippen molar-refractivity contribution in [2.75, 3.05) is 0 Å². The third-order valence-electron chi connectivity index (χ3n) is 5.56. The van der Waals surface area contributed by atoms with Gasteiger partial charge in [0.25, 0.3) is 0 Å². The molecule has 148 valence electrons. The zero-order chi connectivity index (χ0) is 20.1. The standard InChI is InChI=1S/C25H31FN2/c1-19(2)21(4)28(16-22-10-12-24(26)13-11-22)18-25-9-6-14-27(25)17-23-8-5-7-20(3)15-23/h5-15,19,21H,16-18H2,1-4H3/t21-/m0/s1. The van der Waals surface area contributed by atoms with Gasteiger partial charge in [-0.25, -0.2) is 4.39 Å². The Morgan fingerprint density at radius 1 is 0.893 bits per heavy atom. The highest BCUT2D eigenvalue weighted by atomic mass is 19.1. The molecular weight excluding hydrogens is 347 g/mol.